The number of rotatable bonds is 6. The monoisotopic (exact) mass is 422 g/mol. The van der Waals surface area contributed by atoms with Gasteiger partial charge in [-0.3, -0.25) is 0 Å². The summed E-state index contributed by atoms with van der Waals surface area (Å²) in [5, 5.41) is 6.94. The molecule has 0 saturated heterocycles. The number of alkyl halides is 3. The Labute approximate surface area is 158 Å². The molecule has 0 spiro atoms. The van der Waals surface area contributed by atoms with Gasteiger partial charge in [-0.05, 0) is 36.8 Å². The van der Waals surface area contributed by atoms with E-state index < -0.39 is 27.8 Å². The summed E-state index contributed by atoms with van der Waals surface area (Å²) in [4.78, 5) is 0. The number of para-hydroxylation sites is 1. The van der Waals surface area contributed by atoms with Gasteiger partial charge in [0.1, 0.15) is 5.75 Å². The van der Waals surface area contributed by atoms with Crippen LogP contribution in [0.1, 0.15) is 29.9 Å². The molecule has 6 nitrogen and oxygen atoms in total. The van der Waals surface area contributed by atoms with E-state index in [0.29, 0.717) is 11.7 Å². The topological polar surface area (TPSA) is 78.4 Å². The van der Waals surface area contributed by atoms with E-state index in [1.807, 2.05) is 12.1 Å². The van der Waals surface area contributed by atoms with E-state index in [9.17, 15) is 21.6 Å². The highest BCUT2D eigenvalue weighted by Gasteiger charge is 2.37. The van der Waals surface area contributed by atoms with Crippen LogP contribution in [0.5, 0.6) is 17.4 Å². The standard InChI is InChI=1S/C16H14ClF3N2O4S/c1-9-3-2-4-11(10-5-6-10)14(9)25-15-12(7-13(17)21-22-15)26-27(23,24)8-16(18,19)20/h2-4,7,10H,5-6,8H2,1H3. The molecule has 0 N–H and O–H groups in total. The molecule has 11 heteroatoms. The maximum absolute atomic E-state index is 12.4. The van der Waals surface area contributed by atoms with Crippen LogP contribution in [0.15, 0.2) is 24.3 Å². The largest absolute Gasteiger partial charge is 0.434 e. The van der Waals surface area contributed by atoms with Crippen molar-refractivity contribution in [3.8, 4) is 17.4 Å². The maximum atomic E-state index is 12.4. The Hall–Kier alpha value is -2.07. The highest BCUT2D eigenvalue weighted by molar-refractivity contribution is 7.87. The second kappa shape index (κ2) is 7.16. The summed E-state index contributed by atoms with van der Waals surface area (Å²) in [6.45, 7) is 1.78. The lowest BCUT2D eigenvalue weighted by Crippen LogP contribution is -2.26. The average molecular weight is 423 g/mol. The first-order chi connectivity index (χ1) is 12.5. The Bertz CT molecular complexity index is 963. The minimum atomic E-state index is -4.98. The van der Waals surface area contributed by atoms with E-state index in [1.54, 1.807) is 13.0 Å². The molecule has 1 aliphatic carbocycles. The molecular formula is C16H14ClF3N2O4S. The molecule has 3 rings (SSSR count). The Morgan fingerprint density at radius 3 is 2.59 bits per heavy atom. The van der Waals surface area contributed by atoms with Crippen LogP contribution in [-0.4, -0.2) is 30.5 Å². The average Bonchev–Trinajstić information content (AvgIpc) is 3.33. The number of aryl methyl sites for hydroxylation is 1. The zero-order valence-electron chi connectivity index (χ0n) is 14.0. The molecule has 0 radical (unpaired) electrons. The lowest BCUT2D eigenvalue weighted by Gasteiger charge is -2.15. The SMILES string of the molecule is Cc1cccc(C2CC2)c1Oc1nnc(Cl)cc1OS(=O)(=O)CC(F)(F)F. The molecule has 146 valence electrons. The van der Waals surface area contributed by atoms with Crippen molar-refractivity contribution in [2.75, 3.05) is 5.75 Å². The van der Waals surface area contributed by atoms with E-state index >= 15 is 0 Å². The maximum Gasteiger partial charge on any atom is 0.406 e. The molecule has 0 atom stereocenters. The molecule has 0 unspecified atom stereocenters. The van der Waals surface area contributed by atoms with Gasteiger partial charge in [-0.2, -0.15) is 21.6 Å². The number of ether oxygens (including phenoxy) is 1. The lowest BCUT2D eigenvalue weighted by molar-refractivity contribution is -0.107. The van der Waals surface area contributed by atoms with E-state index in [1.165, 1.54) is 0 Å². The Balaban J connectivity index is 1.94. The molecule has 1 heterocycles. The van der Waals surface area contributed by atoms with Crippen LogP contribution in [0, 0.1) is 6.92 Å². The molecule has 1 saturated carbocycles. The molecular weight excluding hydrogens is 409 g/mol. The number of aromatic nitrogens is 2. The summed E-state index contributed by atoms with van der Waals surface area (Å²) >= 11 is 5.68. The zero-order valence-corrected chi connectivity index (χ0v) is 15.5. The minimum Gasteiger partial charge on any atom is -0.434 e. The molecule has 0 bridgehead atoms. The second-order valence-electron chi connectivity index (χ2n) is 6.11. The highest BCUT2D eigenvalue weighted by Crippen LogP contribution is 2.47. The minimum absolute atomic E-state index is 0.258. The zero-order chi connectivity index (χ0) is 19.8. The van der Waals surface area contributed by atoms with Crippen LogP contribution in [0.3, 0.4) is 0 Å². The number of halogens is 4. The van der Waals surface area contributed by atoms with Gasteiger partial charge >= 0.3 is 16.3 Å². The quantitative estimate of drug-likeness (QED) is 0.643. The molecule has 1 aromatic carbocycles. The fourth-order valence-electron chi connectivity index (χ4n) is 2.47. The first-order valence-electron chi connectivity index (χ1n) is 7.83. The number of benzene rings is 1. The molecule has 1 aliphatic rings. The van der Waals surface area contributed by atoms with Crippen molar-refractivity contribution in [1.82, 2.24) is 10.2 Å². The fourth-order valence-corrected chi connectivity index (χ4v) is 3.46. The van der Waals surface area contributed by atoms with Crippen LogP contribution in [-0.2, 0) is 10.1 Å². The van der Waals surface area contributed by atoms with Crippen molar-refractivity contribution in [3.05, 3.63) is 40.5 Å². The van der Waals surface area contributed by atoms with Crippen LogP contribution >= 0.6 is 11.6 Å². The van der Waals surface area contributed by atoms with E-state index in [-0.39, 0.29) is 11.0 Å². The van der Waals surface area contributed by atoms with Gasteiger partial charge in [-0.15, -0.1) is 10.2 Å². The van der Waals surface area contributed by atoms with Crippen molar-refractivity contribution in [2.24, 2.45) is 0 Å². The molecule has 1 fully saturated rings. The molecule has 1 aromatic heterocycles. The summed E-state index contributed by atoms with van der Waals surface area (Å²) in [5.74, 6) is -2.37. The number of nitrogens with zero attached hydrogens (tertiary/aromatic N) is 2. The first-order valence-corrected chi connectivity index (χ1v) is 9.79. The predicted octanol–water partition coefficient (Wildman–Crippen LogP) is 4.38. The van der Waals surface area contributed by atoms with Crippen molar-refractivity contribution in [3.63, 3.8) is 0 Å². The fraction of sp³-hybridized carbons (Fsp3) is 0.375. The molecule has 2 aromatic rings. The van der Waals surface area contributed by atoms with Gasteiger partial charge in [0.25, 0.3) is 5.88 Å². The van der Waals surface area contributed by atoms with Crippen LogP contribution in [0.4, 0.5) is 13.2 Å². The summed E-state index contributed by atoms with van der Waals surface area (Å²) in [6, 6.07) is 6.44. The summed E-state index contributed by atoms with van der Waals surface area (Å²) in [6.07, 6.45) is -3.00. The Morgan fingerprint density at radius 2 is 1.96 bits per heavy atom. The van der Waals surface area contributed by atoms with Gasteiger partial charge in [0.2, 0.25) is 5.75 Å². The highest BCUT2D eigenvalue weighted by atomic mass is 35.5. The van der Waals surface area contributed by atoms with Gasteiger partial charge in [0.15, 0.2) is 10.9 Å². The van der Waals surface area contributed by atoms with Crippen molar-refractivity contribution in [1.29, 1.82) is 0 Å². The van der Waals surface area contributed by atoms with Gasteiger partial charge in [-0.1, -0.05) is 29.8 Å². The van der Waals surface area contributed by atoms with Crippen molar-refractivity contribution < 1.29 is 30.5 Å². The summed E-state index contributed by atoms with van der Waals surface area (Å²) < 4.78 is 71.0. The first kappa shape index (κ1) is 19.7. The third kappa shape index (κ3) is 5.23. The smallest absolute Gasteiger partial charge is 0.406 e. The summed E-state index contributed by atoms with van der Waals surface area (Å²) in [7, 11) is -4.98. The summed E-state index contributed by atoms with van der Waals surface area (Å²) in [5.41, 5.74) is 1.65. The van der Waals surface area contributed by atoms with Crippen LogP contribution in [0.2, 0.25) is 5.15 Å². The normalized spacial score (nSPS) is 14.9. The second-order valence-corrected chi connectivity index (χ2v) is 8.06. The third-order valence-corrected chi connectivity index (χ3v) is 5.01. The predicted molar refractivity (Wildman–Crippen MR) is 90.7 cm³/mol. The number of hydrogen-bond acceptors (Lipinski definition) is 6. The van der Waals surface area contributed by atoms with Gasteiger partial charge in [0.05, 0.1) is 0 Å². The van der Waals surface area contributed by atoms with E-state index in [2.05, 4.69) is 14.4 Å². The number of hydrogen-bond donors (Lipinski definition) is 0. The van der Waals surface area contributed by atoms with Gasteiger partial charge in [0, 0.05) is 6.07 Å². The molecule has 0 aliphatic heterocycles. The van der Waals surface area contributed by atoms with Crippen LogP contribution < -0.4 is 8.92 Å². The lowest BCUT2D eigenvalue weighted by atomic mass is 10.1. The van der Waals surface area contributed by atoms with E-state index in [0.717, 1.165) is 30.0 Å². The molecule has 27 heavy (non-hydrogen) atoms. The van der Waals surface area contributed by atoms with Crippen molar-refractivity contribution >= 4 is 21.7 Å². The molecule has 0 amide bonds. The third-order valence-electron chi connectivity index (χ3n) is 3.71. The van der Waals surface area contributed by atoms with Crippen molar-refractivity contribution in [2.45, 2.75) is 31.9 Å². The van der Waals surface area contributed by atoms with Crippen LogP contribution in [0.25, 0.3) is 0 Å². The Kier molecular flexibility index (Phi) is 5.22. The van der Waals surface area contributed by atoms with E-state index in [4.69, 9.17) is 16.3 Å². The van der Waals surface area contributed by atoms with Gasteiger partial charge in [-0.25, -0.2) is 0 Å². The van der Waals surface area contributed by atoms with Gasteiger partial charge < -0.3 is 8.92 Å². The Morgan fingerprint density at radius 1 is 1.26 bits per heavy atom.